The first-order valence-electron chi connectivity index (χ1n) is 5.38. The molecule has 2 rings (SSSR count). The summed E-state index contributed by atoms with van der Waals surface area (Å²) in [5, 5.41) is 0. The van der Waals surface area contributed by atoms with Crippen molar-refractivity contribution in [2.75, 3.05) is 0 Å². The van der Waals surface area contributed by atoms with Crippen LogP contribution in [0.25, 0.3) is 0 Å². The summed E-state index contributed by atoms with van der Waals surface area (Å²) in [6.07, 6.45) is 0. The van der Waals surface area contributed by atoms with Gasteiger partial charge >= 0.3 is 5.97 Å². The molecule has 0 aliphatic heterocycles. The lowest BCUT2D eigenvalue weighted by Gasteiger charge is -2.09. The van der Waals surface area contributed by atoms with Crippen LogP contribution in [0.4, 0.5) is 0 Å². The quantitative estimate of drug-likeness (QED) is 0.359. The Hall–Kier alpha value is -1.60. The minimum atomic E-state index is -1.50. The summed E-state index contributed by atoms with van der Waals surface area (Å²) in [7, 11) is 0. The van der Waals surface area contributed by atoms with E-state index in [9.17, 15) is 7.86 Å². The Bertz CT molecular complexity index is 528. The lowest BCUT2D eigenvalue weighted by atomic mass is 10.1. The first-order valence-corrected chi connectivity index (χ1v) is 7.51. The number of hydrogen-bond acceptors (Lipinski definition) is 3. The standard InChI is InChI=1S/C14H11IO3.H2O/c16-14(18-12-9-5-2-6-10-12)13(15-17)11-7-3-1-4-8-11;/h1-10,13H;1H2. The molecule has 19 heavy (non-hydrogen) atoms. The van der Waals surface area contributed by atoms with Crippen LogP contribution < -0.4 is 4.74 Å². The van der Waals surface area contributed by atoms with Gasteiger partial charge in [-0.3, -0.25) is 7.86 Å². The Morgan fingerprint density at radius 1 is 0.947 bits per heavy atom. The van der Waals surface area contributed by atoms with E-state index in [2.05, 4.69) is 0 Å². The lowest BCUT2D eigenvalue weighted by Crippen LogP contribution is -2.14. The van der Waals surface area contributed by atoms with Crippen molar-refractivity contribution in [3.05, 3.63) is 66.2 Å². The molecule has 5 heteroatoms. The molecule has 2 N–H and O–H groups in total. The molecular weight excluding hydrogens is 359 g/mol. The van der Waals surface area contributed by atoms with Gasteiger partial charge in [-0.2, -0.15) is 0 Å². The normalized spacial score (nSPS) is 11.2. The van der Waals surface area contributed by atoms with Crippen LogP contribution in [0, 0.1) is 0 Å². The third-order valence-corrected chi connectivity index (χ3v) is 4.09. The average molecular weight is 372 g/mol. The number of ether oxygens (including phenoxy) is 1. The van der Waals surface area contributed by atoms with E-state index in [1.807, 2.05) is 24.3 Å². The van der Waals surface area contributed by atoms with Crippen molar-refractivity contribution in [2.45, 2.75) is 3.92 Å². The van der Waals surface area contributed by atoms with E-state index in [1.54, 1.807) is 36.4 Å². The van der Waals surface area contributed by atoms with Gasteiger partial charge < -0.3 is 10.2 Å². The van der Waals surface area contributed by atoms with Crippen LogP contribution in [0.15, 0.2) is 60.7 Å². The van der Waals surface area contributed by atoms with Gasteiger partial charge in [0.1, 0.15) is 5.75 Å². The van der Waals surface area contributed by atoms with E-state index in [0.29, 0.717) is 5.75 Å². The maximum atomic E-state index is 11.9. The average Bonchev–Trinajstić information content (AvgIpc) is 2.42. The zero-order valence-corrected chi connectivity index (χ0v) is 12.1. The molecule has 0 aliphatic rings. The van der Waals surface area contributed by atoms with E-state index >= 15 is 0 Å². The highest BCUT2D eigenvalue weighted by Crippen LogP contribution is 2.29. The van der Waals surface area contributed by atoms with Crippen molar-refractivity contribution in [3.8, 4) is 5.75 Å². The molecule has 0 saturated carbocycles. The monoisotopic (exact) mass is 372 g/mol. The van der Waals surface area contributed by atoms with Crippen molar-refractivity contribution in [1.29, 1.82) is 0 Å². The fraction of sp³-hybridized carbons (Fsp3) is 0.0714. The number of rotatable bonds is 4. The highest BCUT2D eigenvalue weighted by atomic mass is 127. The van der Waals surface area contributed by atoms with Crippen LogP contribution in [-0.2, 0) is 7.86 Å². The van der Waals surface area contributed by atoms with Gasteiger partial charge in [-0.25, -0.2) is 0 Å². The summed E-state index contributed by atoms with van der Waals surface area (Å²) in [6, 6.07) is 17.9. The van der Waals surface area contributed by atoms with E-state index in [4.69, 9.17) is 4.74 Å². The second-order valence-corrected chi connectivity index (χ2v) is 5.35. The molecule has 0 spiro atoms. The van der Waals surface area contributed by atoms with Gasteiger partial charge in [0.2, 0.25) is 0 Å². The molecule has 0 aliphatic carbocycles. The highest BCUT2D eigenvalue weighted by molar-refractivity contribution is 14.1. The molecule has 0 heterocycles. The summed E-state index contributed by atoms with van der Waals surface area (Å²) in [5.41, 5.74) is 0.737. The van der Waals surface area contributed by atoms with Crippen LogP contribution in [0.2, 0.25) is 0 Å². The van der Waals surface area contributed by atoms with Crippen molar-refractivity contribution in [3.63, 3.8) is 0 Å². The Balaban J connectivity index is 0.00000180. The van der Waals surface area contributed by atoms with Crippen molar-refractivity contribution in [1.82, 2.24) is 0 Å². The Morgan fingerprint density at radius 3 is 2.00 bits per heavy atom. The zero-order valence-electron chi connectivity index (χ0n) is 9.95. The van der Waals surface area contributed by atoms with E-state index in [-0.39, 0.29) is 5.48 Å². The maximum Gasteiger partial charge on any atom is 0.331 e. The molecule has 0 fully saturated rings. The molecule has 1 atom stereocenters. The minimum absolute atomic E-state index is 0. The van der Waals surface area contributed by atoms with Crippen LogP contribution in [0.1, 0.15) is 9.49 Å². The summed E-state index contributed by atoms with van der Waals surface area (Å²) in [4.78, 5) is 11.9. The van der Waals surface area contributed by atoms with E-state index in [0.717, 1.165) is 5.56 Å². The molecule has 100 valence electrons. The number of carbonyl (C=O) groups excluding carboxylic acids is 1. The second kappa shape index (κ2) is 7.75. The highest BCUT2D eigenvalue weighted by Gasteiger charge is 2.23. The summed E-state index contributed by atoms with van der Waals surface area (Å²) < 4.78 is 15.8. The maximum absolute atomic E-state index is 11.9. The number of halogens is 1. The van der Waals surface area contributed by atoms with Gasteiger partial charge in [0, 0.05) is 0 Å². The van der Waals surface area contributed by atoms with Crippen molar-refractivity contribution in [2.24, 2.45) is 0 Å². The number of hydrogen-bond donors (Lipinski definition) is 0. The first-order chi connectivity index (χ1) is 8.81. The topological polar surface area (TPSA) is 74.9 Å². The van der Waals surface area contributed by atoms with Gasteiger partial charge in [-0.15, -0.1) is 0 Å². The van der Waals surface area contributed by atoms with Gasteiger partial charge in [-0.1, -0.05) is 48.5 Å². The van der Waals surface area contributed by atoms with Crippen molar-refractivity contribution < 1.29 is 18.1 Å². The van der Waals surface area contributed by atoms with Crippen LogP contribution in [0.5, 0.6) is 5.75 Å². The summed E-state index contributed by atoms with van der Waals surface area (Å²) in [5.74, 6) is 0.0103. The van der Waals surface area contributed by atoms with Gasteiger partial charge in [0.25, 0.3) is 0 Å². The van der Waals surface area contributed by atoms with Crippen LogP contribution in [-0.4, -0.2) is 11.4 Å². The molecule has 0 bridgehead atoms. The number of alkyl halides is 1. The third kappa shape index (κ3) is 4.22. The van der Waals surface area contributed by atoms with E-state index in [1.165, 1.54) is 0 Å². The fourth-order valence-corrected chi connectivity index (χ4v) is 2.55. The molecule has 0 amide bonds. The van der Waals surface area contributed by atoms with Crippen molar-refractivity contribution >= 4 is 27.2 Å². The largest absolute Gasteiger partial charge is 0.425 e. The number of esters is 1. The second-order valence-electron chi connectivity index (χ2n) is 3.60. The molecule has 2 aromatic carbocycles. The molecule has 0 radical (unpaired) electrons. The first kappa shape index (κ1) is 15.5. The predicted molar refractivity (Wildman–Crippen MR) is 79.6 cm³/mol. The third-order valence-electron chi connectivity index (χ3n) is 2.35. The smallest absolute Gasteiger partial charge is 0.331 e. The molecule has 1 unspecified atom stereocenters. The lowest BCUT2D eigenvalue weighted by molar-refractivity contribution is -0.133. The molecular formula is C14H13IO4. The molecule has 0 saturated heterocycles. The summed E-state index contributed by atoms with van der Waals surface area (Å²) in [6.45, 7) is 0. The Kier molecular flexibility index (Phi) is 6.31. The number of carbonyl (C=O) groups is 1. The Labute approximate surface area is 121 Å². The summed E-state index contributed by atoms with van der Waals surface area (Å²) >= 11 is -1.50. The van der Waals surface area contributed by atoms with Crippen LogP contribution in [0.3, 0.4) is 0 Å². The molecule has 2 aromatic rings. The minimum Gasteiger partial charge on any atom is -0.425 e. The zero-order chi connectivity index (χ0) is 12.8. The van der Waals surface area contributed by atoms with E-state index < -0.39 is 31.1 Å². The Morgan fingerprint density at radius 2 is 1.47 bits per heavy atom. The number of benzene rings is 2. The van der Waals surface area contributed by atoms with Gasteiger partial charge in [0.05, 0.1) is 0 Å². The fourth-order valence-electron chi connectivity index (χ4n) is 1.50. The SMILES string of the molecule is O.O=IC(C(=O)Oc1ccccc1)c1ccccc1. The molecule has 0 aromatic heterocycles. The van der Waals surface area contributed by atoms with Gasteiger partial charge in [-0.05, 0) is 17.7 Å². The molecule has 4 nitrogen and oxygen atoms in total. The number of para-hydroxylation sites is 1. The van der Waals surface area contributed by atoms with Crippen LogP contribution >= 0.6 is 21.2 Å². The van der Waals surface area contributed by atoms with Gasteiger partial charge in [0.15, 0.2) is 25.1 Å². The predicted octanol–water partition coefficient (Wildman–Crippen LogP) is 2.82.